The van der Waals surface area contributed by atoms with E-state index in [1.165, 1.54) is 9.78 Å². The molecule has 3 amide bonds. The number of carbonyl (C=O) groups excluding carboxylic acids is 3. The van der Waals surface area contributed by atoms with E-state index in [-0.39, 0.29) is 30.0 Å². The van der Waals surface area contributed by atoms with E-state index in [0.29, 0.717) is 79.9 Å². The van der Waals surface area contributed by atoms with Gasteiger partial charge < -0.3 is 19.9 Å². The molecular formula is C39H41Cl2N7O4S. The van der Waals surface area contributed by atoms with Crippen LogP contribution in [0, 0.1) is 33.1 Å². The average molecular weight is 775 g/mol. The molecule has 2 aromatic heterocycles. The number of unbranched alkanes of at least 4 members (excludes halogenated alkanes) is 2. The number of halogens is 2. The quantitative estimate of drug-likeness (QED) is 0.0898. The molecule has 6 rings (SSSR count). The number of ether oxygens (including phenoxy) is 1. The molecule has 0 bridgehead atoms. The molecule has 1 atom stereocenters. The molecule has 14 heteroatoms. The van der Waals surface area contributed by atoms with Gasteiger partial charge in [-0.25, -0.2) is 0 Å². The molecule has 0 spiro atoms. The molecule has 4 heterocycles. The fourth-order valence-electron chi connectivity index (χ4n) is 6.60. The van der Waals surface area contributed by atoms with E-state index in [0.717, 1.165) is 39.6 Å². The summed E-state index contributed by atoms with van der Waals surface area (Å²) in [6, 6.07) is 12.4. The monoisotopic (exact) mass is 773 g/mol. The Morgan fingerprint density at radius 3 is 2.64 bits per heavy atom. The molecule has 0 unspecified atom stereocenters. The van der Waals surface area contributed by atoms with E-state index < -0.39 is 6.04 Å². The van der Waals surface area contributed by atoms with Gasteiger partial charge in [0.1, 0.15) is 35.1 Å². The Morgan fingerprint density at radius 2 is 1.89 bits per heavy atom. The van der Waals surface area contributed by atoms with Crippen LogP contribution in [0.2, 0.25) is 5.02 Å². The van der Waals surface area contributed by atoms with Crippen LogP contribution in [0.3, 0.4) is 0 Å². The lowest BCUT2D eigenvalue weighted by molar-refractivity contribution is -0.121. The Bertz CT molecular complexity index is 2090. The first kappa shape index (κ1) is 38.0. The number of aliphatic imine (C=N–C) groups is 1. The highest BCUT2D eigenvalue weighted by atomic mass is 35.5. The van der Waals surface area contributed by atoms with Crippen molar-refractivity contribution in [3.63, 3.8) is 0 Å². The van der Waals surface area contributed by atoms with Crippen LogP contribution in [0.5, 0.6) is 5.75 Å². The highest BCUT2D eigenvalue weighted by molar-refractivity contribution is 7.15. The Morgan fingerprint density at radius 1 is 1.09 bits per heavy atom. The zero-order valence-electron chi connectivity index (χ0n) is 30.0. The van der Waals surface area contributed by atoms with Crippen molar-refractivity contribution >= 4 is 69.3 Å². The van der Waals surface area contributed by atoms with Gasteiger partial charge in [0.15, 0.2) is 5.82 Å². The maximum absolute atomic E-state index is 13.4. The largest absolute Gasteiger partial charge is 0.490 e. The third-order valence-corrected chi connectivity index (χ3v) is 11.1. The standard InChI is InChI=1S/C39H41Cl2N7O4S/c1-5-6-18-46(35(51)23-40)29-15-16-32-31(21-29)47(19-20-52-32)34(50)10-8-7-9-17-42-33(49)22-30-38-45-44-26(4)48(38)39-36(24(2)25(3)53-39)37(43-30)27-11-13-28(41)14-12-27/h1,11-16,21,30H,6-10,17-20,22-23H2,2-4H3,(H,42,49)/t30-/m0/s1. The van der Waals surface area contributed by atoms with Gasteiger partial charge in [0.05, 0.1) is 24.4 Å². The number of terminal acetylenes is 1. The molecule has 0 saturated heterocycles. The predicted molar refractivity (Wildman–Crippen MR) is 210 cm³/mol. The van der Waals surface area contributed by atoms with Crippen LogP contribution in [0.15, 0.2) is 47.5 Å². The first-order chi connectivity index (χ1) is 25.6. The van der Waals surface area contributed by atoms with Crippen LogP contribution in [-0.4, -0.2) is 70.3 Å². The summed E-state index contributed by atoms with van der Waals surface area (Å²) in [5.41, 5.74) is 5.08. The number of nitrogens with one attached hydrogen (secondary N) is 1. The fourth-order valence-corrected chi connectivity index (χ4v) is 8.08. The number of aromatic nitrogens is 3. The number of thiophene rings is 1. The predicted octanol–water partition coefficient (Wildman–Crippen LogP) is 6.89. The second-order valence-corrected chi connectivity index (χ2v) is 14.9. The summed E-state index contributed by atoms with van der Waals surface area (Å²) in [7, 11) is 0. The summed E-state index contributed by atoms with van der Waals surface area (Å²) >= 11 is 13.8. The van der Waals surface area contributed by atoms with Crippen LogP contribution in [0.4, 0.5) is 11.4 Å². The second-order valence-electron chi connectivity index (χ2n) is 12.9. The van der Waals surface area contributed by atoms with Crippen molar-refractivity contribution in [1.82, 2.24) is 20.1 Å². The summed E-state index contributed by atoms with van der Waals surface area (Å²) in [4.78, 5) is 48.9. The lowest BCUT2D eigenvalue weighted by Crippen LogP contribution is -2.38. The molecule has 0 aliphatic carbocycles. The van der Waals surface area contributed by atoms with Crippen LogP contribution >= 0.6 is 34.5 Å². The average Bonchev–Trinajstić information content (AvgIpc) is 3.64. The SMILES string of the molecule is C#CCCN(C(=O)CCl)c1ccc2c(c1)N(C(=O)CCCCCNC(=O)C[C@@H]1N=C(c3ccc(Cl)cc3)c3c(sc(C)c3C)-n3c(C)nnc31)CCO2. The molecule has 11 nitrogen and oxygen atoms in total. The number of hydrogen-bond acceptors (Lipinski definition) is 8. The fraction of sp³-hybridized carbons (Fsp3) is 0.385. The zero-order chi connectivity index (χ0) is 37.6. The number of nitrogens with zero attached hydrogens (tertiary/aromatic N) is 6. The van der Waals surface area contributed by atoms with Gasteiger partial charge in [-0.05, 0) is 69.5 Å². The van der Waals surface area contributed by atoms with Gasteiger partial charge >= 0.3 is 0 Å². The summed E-state index contributed by atoms with van der Waals surface area (Å²) in [5, 5.41) is 13.5. The van der Waals surface area contributed by atoms with Gasteiger partial charge in [0.25, 0.3) is 0 Å². The summed E-state index contributed by atoms with van der Waals surface area (Å²) < 4.78 is 7.84. The number of fused-ring (bicyclic) bond motifs is 4. The van der Waals surface area contributed by atoms with Crippen molar-refractivity contribution in [2.75, 3.05) is 41.9 Å². The van der Waals surface area contributed by atoms with E-state index in [1.54, 1.807) is 34.4 Å². The molecule has 1 N–H and O–H groups in total. The lowest BCUT2D eigenvalue weighted by Gasteiger charge is -2.31. The van der Waals surface area contributed by atoms with Crippen molar-refractivity contribution < 1.29 is 19.1 Å². The van der Waals surface area contributed by atoms with Gasteiger partial charge in [-0.3, -0.25) is 23.9 Å². The van der Waals surface area contributed by atoms with E-state index >= 15 is 0 Å². The van der Waals surface area contributed by atoms with E-state index in [4.69, 9.17) is 39.4 Å². The Balaban J connectivity index is 1.06. The van der Waals surface area contributed by atoms with Gasteiger partial charge in [-0.1, -0.05) is 30.2 Å². The molecule has 53 heavy (non-hydrogen) atoms. The number of benzene rings is 2. The van der Waals surface area contributed by atoms with Gasteiger partial charge in [-0.2, -0.15) is 0 Å². The van der Waals surface area contributed by atoms with Crippen molar-refractivity contribution in [3.8, 4) is 23.1 Å². The number of rotatable bonds is 13. The molecular weight excluding hydrogens is 733 g/mol. The molecule has 276 valence electrons. The Hall–Kier alpha value is -4.70. The first-order valence-electron chi connectivity index (χ1n) is 17.6. The van der Waals surface area contributed by atoms with Crippen LogP contribution in [0.1, 0.15) is 77.8 Å². The highest BCUT2D eigenvalue weighted by Gasteiger charge is 2.32. The normalized spacial score (nSPS) is 14.5. The maximum atomic E-state index is 13.4. The molecule has 2 aliphatic rings. The number of amides is 3. The second kappa shape index (κ2) is 17.0. The van der Waals surface area contributed by atoms with E-state index in [9.17, 15) is 14.4 Å². The van der Waals surface area contributed by atoms with Crippen LogP contribution in [0.25, 0.3) is 5.00 Å². The summed E-state index contributed by atoms with van der Waals surface area (Å²) in [6.45, 7) is 7.67. The molecule has 4 aromatic rings. The van der Waals surface area contributed by atoms with Crippen molar-refractivity contribution in [2.45, 2.75) is 65.3 Å². The zero-order valence-corrected chi connectivity index (χ0v) is 32.3. The van der Waals surface area contributed by atoms with Gasteiger partial charge in [-0.15, -0.1) is 45.5 Å². The van der Waals surface area contributed by atoms with Crippen molar-refractivity contribution in [1.29, 1.82) is 0 Å². The van der Waals surface area contributed by atoms with Gasteiger partial charge in [0.2, 0.25) is 17.7 Å². The third kappa shape index (κ3) is 8.28. The van der Waals surface area contributed by atoms with E-state index in [2.05, 4.69) is 35.3 Å². The van der Waals surface area contributed by atoms with Gasteiger partial charge in [0, 0.05) is 52.6 Å². The smallest absolute Gasteiger partial charge is 0.241 e. The van der Waals surface area contributed by atoms with Crippen molar-refractivity contribution in [3.05, 3.63) is 80.7 Å². The minimum Gasteiger partial charge on any atom is -0.490 e. The number of anilines is 2. The van der Waals surface area contributed by atoms with Crippen LogP contribution in [-0.2, 0) is 14.4 Å². The number of alkyl halides is 1. The topological polar surface area (TPSA) is 122 Å². The first-order valence-corrected chi connectivity index (χ1v) is 19.3. The highest BCUT2D eigenvalue weighted by Crippen LogP contribution is 2.40. The molecule has 2 aliphatic heterocycles. The summed E-state index contributed by atoms with van der Waals surface area (Å²) in [5.74, 6) is 3.88. The number of aryl methyl sites for hydroxylation is 2. The maximum Gasteiger partial charge on any atom is 0.241 e. The number of carbonyl (C=O) groups is 3. The number of hydrogen-bond donors (Lipinski definition) is 1. The Labute approximate surface area is 323 Å². The lowest BCUT2D eigenvalue weighted by atomic mass is 9.99. The molecule has 0 saturated carbocycles. The Kier molecular flexibility index (Phi) is 12.2. The van der Waals surface area contributed by atoms with E-state index in [1.807, 2.05) is 35.8 Å². The minimum atomic E-state index is -0.548. The minimum absolute atomic E-state index is 0.0318. The third-order valence-electron chi connectivity index (χ3n) is 9.44. The summed E-state index contributed by atoms with van der Waals surface area (Å²) in [6.07, 6.45) is 8.37. The molecule has 0 fully saturated rings. The van der Waals surface area contributed by atoms with Crippen LogP contribution < -0.4 is 19.9 Å². The van der Waals surface area contributed by atoms with Crippen molar-refractivity contribution in [2.24, 2.45) is 4.99 Å². The molecule has 0 radical (unpaired) electrons. The molecule has 2 aromatic carbocycles.